The molecule has 1 aliphatic heterocycles. The van der Waals surface area contributed by atoms with Crippen LogP contribution in [0.4, 0.5) is 0 Å². The minimum atomic E-state index is 0.0162. The number of rotatable bonds is 5. The van der Waals surface area contributed by atoms with Crippen LogP contribution < -0.4 is 10.1 Å². The number of hydrogen-bond acceptors (Lipinski definition) is 5. The van der Waals surface area contributed by atoms with E-state index in [0.717, 1.165) is 35.8 Å². The summed E-state index contributed by atoms with van der Waals surface area (Å²) < 4.78 is 5.56. The number of fused-ring (bicyclic) bond motifs is 1. The Hall–Kier alpha value is -2.21. The van der Waals surface area contributed by atoms with Crippen molar-refractivity contribution in [1.29, 1.82) is 0 Å². The van der Waals surface area contributed by atoms with Crippen LogP contribution in [0.5, 0.6) is 5.75 Å². The monoisotopic (exact) mass is 366 g/mol. The van der Waals surface area contributed by atoms with E-state index in [1.165, 1.54) is 27.3 Å². The zero-order valence-corrected chi connectivity index (χ0v) is 15.6. The average molecular weight is 366 g/mol. The fourth-order valence-electron chi connectivity index (χ4n) is 3.34. The number of ether oxygens (including phenoxy) is 1. The molecule has 1 aliphatic rings. The number of nitrogens with zero attached hydrogens (tertiary/aromatic N) is 1. The maximum Gasteiger partial charge on any atom is 0.124 e. The van der Waals surface area contributed by atoms with Gasteiger partial charge in [-0.1, -0.05) is 30.3 Å². The maximum atomic E-state index is 8.95. The van der Waals surface area contributed by atoms with Crippen LogP contribution in [-0.4, -0.2) is 29.8 Å². The highest BCUT2D eigenvalue weighted by Gasteiger charge is 2.17. The van der Waals surface area contributed by atoms with Gasteiger partial charge in [0.1, 0.15) is 17.4 Å². The molecule has 0 bridgehead atoms. The van der Waals surface area contributed by atoms with Gasteiger partial charge in [-0.2, -0.15) is 0 Å². The first kappa shape index (κ1) is 17.2. The normalized spacial score (nSPS) is 13.5. The van der Waals surface area contributed by atoms with Crippen molar-refractivity contribution in [3.05, 3.63) is 58.6 Å². The molecule has 1 aromatic heterocycles. The second kappa shape index (κ2) is 7.58. The molecule has 4 rings (SSSR count). The van der Waals surface area contributed by atoms with E-state index >= 15 is 0 Å². The predicted molar refractivity (Wildman–Crippen MR) is 106 cm³/mol. The van der Waals surface area contributed by atoms with Gasteiger partial charge in [-0.3, -0.25) is 0 Å². The van der Waals surface area contributed by atoms with Crippen LogP contribution in [0, 0.1) is 6.92 Å². The lowest BCUT2D eigenvalue weighted by molar-refractivity contribution is 0.201. The van der Waals surface area contributed by atoms with Crippen molar-refractivity contribution in [2.24, 2.45) is 0 Å². The molecular weight excluding hydrogens is 344 g/mol. The number of aliphatic hydroxyl groups excluding tert-OH is 1. The van der Waals surface area contributed by atoms with E-state index in [1.54, 1.807) is 11.3 Å². The molecule has 3 aromatic rings. The van der Waals surface area contributed by atoms with Crippen molar-refractivity contribution in [3.8, 4) is 27.4 Å². The summed E-state index contributed by atoms with van der Waals surface area (Å²) >= 11 is 1.79. The summed E-state index contributed by atoms with van der Waals surface area (Å²) in [5, 5.41) is 13.5. The topological polar surface area (TPSA) is 54.4 Å². The summed E-state index contributed by atoms with van der Waals surface area (Å²) in [5.41, 5.74) is 5.97. The molecule has 26 heavy (non-hydrogen) atoms. The zero-order valence-electron chi connectivity index (χ0n) is 14.8. The molecule has 0 aliphatic carbocycles. The standard InChI is InChI=1S/C21H22N2O2S/c1-14-17(15-4-2-5-16(12-15)25-11-10-24)6-3-7-18(14)21-23-19-8-9-22-13-20(19)26-21/h2-7,12,22,24H,8-11,13H2,1H3. The quantitative estimate of drug-likeness (QED) is 0.721. The first-order valence-corrected chi connectivity index (χ1v) is 9.71. The molecule has 5 heteroatoms. The van der Waals surface area contributed by atoms with Gasteiger partial charge in [0, 0.05) is 30.0 Å². The second-order valence-electron chi connectivity index (χ2n) is 6.39. The SMILES string of the molecule is Cc1c(-c2cccc(OCCO)c2)cccc1-c1nc2c(s1)CNCC2. The third-order valence-electron chi connectivity index (χ3n) is 4.67. The van der Waals surface area contributed by atoms with Crippen molar-refractivity contribution >= 4 is 11.3 Å². The molecule has 0 radical (unpaired) electrons. The lowest BCUT2D eigenvalue weighted by Crippen LogP contribution is -2.22. The van der Waals surface area contributed by atoms with Crippen LogP contribution in [0.1, 0.15) is 16.1 Å². The zero-order chi connectivity index (χ0) is 17.9. The molecule has 0 amide bonds. The molecule has 0 saturated carbocycles. The van der Waals surface area contributed by atoms with E-state index in [4.69, 9.17) is 14.8 Å². The summed E-state index contributed by atoms with van der Waals surface area (Å²) in [7, 11) is 0. The first-order chi connectivity index (χ1) is 12.8. The minimum absolute atomic E-state index is 0.0162. The third-order valence-corrected chi connectivity index (χ3v) is 5.80. The Balaban J connectivity index is 1.71. The van der Waals surface area contributed by atoms with E-state index < -0.39 is 0 Å². The number of aromatic nitrogens is 1. The molecule has 4 nitrogen and oxygen atoms in total. The van der Waals surface area contributed by atoms with Crippen molar-refractivity contribution in [3.63, 3.8) is 0 Å². The number of benzene rings is 2. The van der Waals surface area contributed by atoms with Crippen LogP contribution in [-0.2, 0) is 13.0 Å². The summed E-state index contributed by atoms with van der Waals surface area (Å²) in [6.07, 6.45) is 1.01. The van der Waals surface area contributed by atoms with Crippen molar-refractivity contribution in [2.45, 2.75) is 19.9 Å². The molecule has 134 valence electrons. The van der Waals surface area contributed by atoms with Gasteiger partial charge in [-0.15, -0.1) is 11.3 Å². The van der Waals surface area contributed by atoms with Crippen LogP contribution in [0.2, 0.25) is 0 Å². The average Bonchev–Trinajstić information content (AvgIpc) is 3.10. The van der Waals surface area contributed by atoms with Crippen LogP contribution in [0.15, 0.2) is 42.5 Å². The number of aliphatic hydroxyl groups is 1. The Bertz CT molecular complexity index is 897. The van der Waals surface area contributed by atoms with E-state index in [0.29, 0.717) is 6.61 Å². The van der Waals surface area contributed by atoms with Gasteiger partial charge >= 0.3 is 0 Å². The Labute approximate surface area is 157 Å². The Morgan fingerprint density at radius 3 is 2.88 bits per heavy atom. The summed E-state index contributed by atoms with van der Waals surface area (Å²) in [6, 6.07) is 14.4. The molecule has 2 heterocycles. The lowest BCUT2D eigenvalue weighted by Gasteiger charge is -2.12. The molecule has 0 saturated heterocycles. The Morgan fingerprint density at radius 2 is 2.04 bits per heavy atom. The van der Waals surface area contributed by atoms with Gasteiger partial charge in [0.2, 0.25) is 0 Å². The van der Waals surface area contributed by atoms with Gasteiger partial charge in [0.25, 0.3) is 0 Å². The van der Waals surface area contributed by atoms with Crippen LogP contribution in [0.3, 0.4) is 0 Å². The summed E-state index contributed by atoms with van der Waals surface area (Å²) in [5.74, 6) is 0.775. The van der Waals surface area contributed by atoms with Crippen LogP contribution >= 0.6 is 11.3 Å². The minimum Gasteiger partial charge on any atom is -0.491 e. The van der Waals surface area contributed by atoms with Crippen molar-refractivity contribution < 1.29 is 9.84 Å². The van der Waals surface area contributed by atoms with Gasteiger partial charge < -0.3 is 15.2 Å². The largest absolute Gasteiger partial charge is 0.491 e. The molecule has 2 N–H and O–H groups in total. The van der Waals surface area contributed by atoms with E-state index in [2.05, 4.69) is 36.5 Å². The summed E-state index contributed by atoms with van der Waals surface area (Å²) in [6.45, 7) is 4.42. The fraction of sp³-hybridized carbons (Fsp3) is 0.286. The fourth-order valence-corrected chi connectivity index (χ4v) is 4.50. The summed E-state index contributed by atoms with van der Waals surface area (Å²) in [4.78, 5) is 6.26. The van der Waals surface area contributed by atoms with E-state index in [1.807, 2.05) is 18.2 Å². The number of nitrogens with one attached hydrogen (secondary N) is 1. The molecule has 2 aromatic carbocycles. The molecule has 0 fully saturated rings. The van der Waals surface area contributed by atoms with Gasteiger partial charge in [0.15, 0.2) is 0 Å². The Kier molecular flexibility index (Phi) is 5.02. The predicted octanol–water partition coefficient (Wildman–Crippen LogP) is 3.80. The lowest BCUT2D eigenvalue weighted by atomic mass is 9.96. The highest BCUT2D eigenvalue weighted by molar-refractivity contribution is 7.15. The number of thiazole rings is 1. The molecule has 0 spiro atoms. The van der Waals surface area contributed by atoms with Gasteiger partial charge in [0.05, 0.1) is 12.3 Å². The van der Waals surface area contributed by atoms with E-state index in [-0.39, 0.29) is 6.61 Å². The highest BCUT2D eigenvalue weighted by atomic mass is 32.1. The van der Waals surface area contributed by atoms with Gasteiger partial charge in [-0.05, 0) is 35.7 Å². The maximum absolute atomic E-state index is 8.95. The molecule has 0 atom stereocenters. The van der Waals surface area contributed by atoms with E-state index in [9.17, 15) is 0 Å². The van der Waals surface area contributed by atoms with Crippen LogP contribution in [0.25, 0.3) is 21.7 Å². The second-order valence-corrected chi connectivity index (χ2v) is 7.48. The van der Waals surface area contributed by atoms with Crippen molar-refractivity contribution in [1.82, 2.24) is 10.3 Å². The molecule has 0 unspecified atom stereocenters. The number of hydrogen-bond donors (Lipinski definition) is 2. The first-order valence-electron chi connectivity index (χ1n) is 8.89. The highest BCUT2D eigenvalue weighted by Crippen LogP contribution is 2.36. The molecular formula is C21H22N2O2S. The third kappa shape index (κ3) is 3.38. The van der Waals surface area contributed by atoms with Gasteiger partial charge in [-0.25, -0.2) is 4.98 Å². The smallest absolute Gasteiger partial charge is 0.124 e. The van der Waals surface area contributed by atoms with Crippen molar-refractivity contribution in [2.75, 3.05) is 19.8 Å². The Morgan fingerprint density at radius 1 is 1.19 bits per heavy atom.